The summed E-state index contributed by atoms with van der Waals surface area (Å²) in [6.45, 7) is 9.58. The summed E-state index contributed by atoms with van der Waals surface area (Å²) in [6.07, 6.45) is 36.8. The zero-order chi connectivity index (χ0) is 75.3. The maximum Gasteiger partial charge on any atom is 0.0467 e. The van der Waals surface area contributed by atoms with Crippen LogP contribution in [0.1, 0.15) is 272 Å². The molecule has 0 aliphatic heterocycles. The Labute approximate surface area is 669 Å². The summed E-state index contributed by atoms with van der Waals surface area (Å²) in [6, 6.07) is 100.0. The van der Waals surface area contributed by atoms with Gasteiger partial charge in [-0.05, 0) is 345 Å². The van der Waals surface area contributed by atoms with Crippen LogP contribution in [0.2, 0.25) is 0 Å². The molecule has 0 N–H and O–H groups in total. The highest BCUT2D eigenvalue weighted by molar-refractivity contribution is 5.90. The van der Waals surface area contributed by atoms with Crippen molar-refractivity contribution in [2.24, 2.45) is 0 Å². The standard InChI is InChI=1S/2C55H57N/c1-55(2)53-26-12-11-25-50(53)51-32-31-48(37-54(51)55)56(46-22-13-20-42(34-46)39-17-7-4-8-18-39)47-23-14-21-44(35-47)52-36-45(33-43-19-9-10-24-49(43)52)41-29-27-40(28-30-41)38-15-5-3-6-16-38;1-55(2)53-23-12-11-22-50(53)51-33-32-48(37-54(51)55)56(47-20-13-19-43(35-47)39-16-7-4-8-17-39)46-30-28-42(29-31-46)52-36-45(34-44-18-9-10-21-49(44)52)41-26-24-40(25-27-41)38-14-5-3-6-15-38/h11-14,20-23,25-39H,3-10,15-19,24H2,1-2H3;11-13,19-20,22-39H,3-10,14-18,21H2,1-2H3. The van der Waals surface area contributed by atoms with Gasteiger partial charge in [-0.15, -0.1) is 0 Å². The van der Waals surface area contributed by atoms with Gasteiger partial charge in [-0.3, -0.25) is 0 Å². The molecule has 0 atom stereocenters. The van der Waals surface area contributed by atoms with Crippen LogP contribution in [0.5, 0.6) is 0 Å². The first-order valence-corrected chi connectivity index (χ1v) is 44.0. The van der Waals surface area contributed by atoms with Gasteiger partial charge >= 0.3 is 0 Å². The van der Waals surface area contributed by atoms with Crippen LogP contribution in [0.25, 0.3) is 66.8 Å². The predicted molar refractivity (Wildman–Crippen MR) is 476 cm³/mol. The van der Waals surface area contributed by atoms with Gasteiger partial charge in [0.05, 0.1) is 0 Å². The van der Waals surface area contributed by atoms with Gasteiger partial charge in [0.25, 0.3) is 0 Å². The van der Waals surface area contributed by atoms with E-state index >= 15 is 0 Å². The van der Waals surface area contributed by atoms with E-state index < -0.39 is 0 Å². The summed E-state index contributed by atoms with van der Waals surface area (Å²) in [4.78, 5) is 5.07. The van der Waals surface area contributed by atoms with E-state index in [2.05, 4.69) is 292 Å². The molecule has 564 valence electrons. The largest absolute Gasteiger partial charge is 0.310 e. The molecule has 0 spiro atoms. The second-order valence-electron chi connectivity index (χ2n) is 36.1. The SMILES string of the molecule is CC1(C)c2ccccc2-c2ccc(N(c3ccc(-c4cc(-c5ccc(C6CCCCC6)cc5)cc5c4CCCC5)cc3)c3cccc(C4CCCCC4)c3)cc21.CC1(C)c2ccccc2-c2ccc(N(c3cccc(-c4cc(-c5ccc(C6CCCCC6)cc5)cc5c4CCCC5)c3)c3cccc(C4CCCCC4)c3)cc21. The summed E-state index contributed by atoms with van der Waals surface area (Å²) in [7, 11) is 0. The van der Waals surface area contributed by atoms with E-state index in [1.54, 1.807) is 22.3 Å². The van der Waals surface area contributed by atoms with E-state index in [0.717, 1.165) is 18.3 Å². The van der Waals surface area contributed by atoms with Crippen LogP contribution in [0.3, 0.4) is 0 Å². The quantitative estimate of drug-likeness (QED) is 0.107. The third-order valence-corrected chi connectivity index (χ3v) is 28.5. The molecule has 4 fully saturated rings. The predicted octanol–water partition coefficient (Wildman–Crippen LogP) is 31.5. The van der Waals surface area contributed by atoms with Gasteiger partial charge in [-0.2, -0.15) is 0 Å². The first kappa shape index (κ1) is 72.5. The molecule has 12 aromatic rings. The van der Waals surface area contributed by atoms with Crippen molar-refractivity contribution in [3.63, 3.8) is 0 Å². The van der Waals surface area contributed by atoms with Crippen LogP contribution in [-0.2, 0) is 36.5 Å². The Morgan fingerprint density at radius 2 is 0.562 bits per heavy atom. The lowest BCUT2D eigenvalue weighted by Gasteiger charge is -2.30. The minimum Gasteiger partial charge on any atom is -0.310 e. The number of aryl methyl sites for hydroxylation is 2. The highest BCUT2D eigenvalue weighted by atomic mass is 15.1. The number of hydrogen-bond donors (Lipinski definition) is 0. The van der Waals surface area contributed by atoms with Crippen molar-refractivity contribution in [1.82, 2.24) is 0 Å². The van der Waals surface area contributed by atoms with E-state index in [-0.39, 0.29) is 10.8 Å². The molecule has 2 heteroatoms. The van der Waals surface area contributed by atoms with Crippen LogP contribution in [-0.4, -0.2) is 0 Å². The molecule has 12 aromatic carbocycles. The maximum absolute atomic E-state index is 2.55. The number of hydrogen-bond acceptors (Lipinski definition) is 2. The Hall–Kier alpha value is -9.76. The van der Waals surface area contributed by atoms with Gasteiger partial charge in [0, 0.05) is 45.0 Å². The highest BCUT2D eigenvalue weighted by Crippen LogP contribution is 2.54. The molecule has 8 aliphatic carbocycles. The lowest BCUT2D eigenvalue weighted by atomic mass is 9.82. The molecule has 0 radical (unpaired) electrons. The third-order valence-electron chi connectivity index (χ3n) is 28.5. The minimum atomic E-state index is -0.0620. The fourth-order valence-corrected chi connectivity index (χ4v) is 22.2. The normalized spacial score (nSPS) is 17.9. The monoisotopic (exact) mass is 1460 g/mol. The number of fused-ring (bicyclic) bond motifs is 8. The molecule has 0 aromatic heterocycles. The maximum atomic E-state index is 2.55. The van der Waals surface area contributed by atoms with Gasteiger partial charge in [0.15, 0.2) is 0 Å². The molecule has 0 amide bonds. The molecule has 0 unspecified atom stereocenters. The van der Waals surface area contributed by atoms with Crippen molar-refractivity contribution in [3.05, 3.63) is 322 Å². The third kappa shape index (κ3) is 14.1. The number of nitrogens with zero attached hydrogens (tertiary/aromatic N) is 2. The zero-order valence-electron chi connectivity index (χ0n) is 67.3. The van der Waals surface area contributed by atoms with Crippen LogP contribution < -0.4 is 9.80 Å². The molecular formula is C110H114N2. The Kier molecular flexibility index (Phi) is 20.3. The van der Waals surface area contributed by atoms with Crippen LogP contribution >= 0.6 is 0 Å². The molecule has 0 bridgehead atoms. The first-order valence-electron chi connectivity index (χ1n) is 44.0. The minimum absolute atomic E-state index is 0.0539. The molecule has 0 heterocycles. The number of anilines is 6. The van der Waals surface area contributed by atoms with Crippen LogP contribution in [0.15, 0.2) is 255 Å². The lowest BCUT2D eigenvalue weighted by molar-refractivity contribution is 0.443. The van der Waals surface area contributed by atoms with Crippen LogP contribution in [0.4, 0.5) is 34.1 Å². The molecular weight excluding hydrogens is 1350 g/mol. The van der Waals surface area contributed by atoms with Crippen LogP contribution in [0, 0.1) is 0 Å². The molecule has 2 nitrogen and oxygen atoms in total. The molecule has 0 saturated heterocycles. The number of rotatable bonds is 14. The van der Waals surface area contributed by atoms with Crippen molar-refractivity contribution in [3.8, 4) is 66.8 Å². The summed E-state index contributed by atoms with van der Waals surface area (Å²) in [5.41, 5.74) is 41.6. The molecule has 8 aliphatic rings. The van der Waals surface area contributed by atoms with Gasteiger partial charge in [-0.1, -0.05) is 275 Å². The van der Waals surface area contributed by atoms with Crippen molar-refractivity contribution in [2.45, 2.75) is 242 Å². The van der Waals surface area contributed by atoms with Gasteiger partial charge in [0.2, 0.25) is 0 Å². The smallest absolute Gasteiger partial charge is 0.0467 e. The van der Waals surface area contributed by atoms with Gasteiger partial charge in [0.1, 0.15) is 0 Å². The van der Waals surface area contributed by atoms with E-state index in [4.69, 9.17) is 0 Å². The average Bonchev–Trinajstić information content (AvgIpc) is 1.57. The highest BCUT2D eigenvalue weighted by Gasteiger charge is 2.38. The Morgan fingerprint density at radius 3 is 1.01 bits per heavy atom. The first-order chi connectivity index (χ1) is 55.0. The van der Waals surface area contributed by atoms with E-state index in [0.29, 0.717) is 11.8 Å². The van der Waals surface area contributed by atoms with E-state index in [9.17, 15) is 0 Å². The molecule has 112 heavy (non-hydrogen) atoms. The Balaban J connectivity index is 0.000000151. The molecule has 20 rings (SSSR count). The average molecular weight is 1460 g/mol. The van der Waals surface area contributed by atoms with Gasteiger partial charge < -0.3 is 9.80 Å². The summed E-state index contributed by atoms with van der Waals surface area (Å²) < 4.78 is 0. The van der Waals surface area contributed by atoms with Crippen molar-refractivity contribution in [2.75, 3.05) is 9.80 Å². The zero-order valence-corrected chi connectivity index (χ0v) is 67.3. The second-order valence-corrected chi connectivity index (χ2v) is 36.1. The fourth-order valence-electron chi connectivity index (χ4n) is 22.2. The van der Waals surface area contributed by atoms with E-state index in [1.165, 1.54) is 319 Å². The Morgan fingerprint density at radius 1 is 0.214 bits per heavy atom. The molecule has 4 saturated carbocycles. The van der Waals surface area contributed by atoms with Crippen molar-refractivity contribution >= 4 is 34.1 Å². The lowest BCUT2D eigenvalue weighted by Crippen LogP contribution is -2.16. The van der Waals surface area contributed by atoms with Crippen molar-refractivity contribution in [1.29, 1.82) is 0 Å². The Bertz CT molecular complexity index is 5390. The van der Waals surface area contributed by atoms with Crippen molar-refractivity contribution < 1.29 is 0 Å². The topological polar surface area (TPSA) is 6.48 Å². The summed E-state index contributed by atoms with van der Waals surface area (Å²) >= 11 is 0. The summed E-state index contributed by atoms with van der Waals surface area (Å²) in [5, 5.41) is 0. The summed E-state index contributed by atoms with van der Waals surface area (Å²) in [5.74, 6) is 2.78. The van der Waals surface area contributed by atoms with E-state index in [1.807, 2.05) is 0 Å². The number of benzene rings is 12. The van der Waals surface area contributed by atoms with Gasteiger partial charge in [-0.25, -0.2) is 0 Å². The fraction of sp³-hybridized carbons (Fsp3) is 0.345. The second kappa shape index (κ2) is 31.3.